The largest absolute Gasteiger partial charge is 0.482 e. The van der Waals surface area contributed by atoms with Crippen molar-refractivity contribution in [1.82, 2.24) is 5.32 Å². The normalized spacial score (nSPS) is 13.9. The number of fused-ring (bicyclic) bond motifs is 1. The lowest BCUT2D eigenvalue weighted by atomic mass is 10.1. The SMILES string of the molecule is Cc1ccc2c(c1)OCC(=O)N2Cc1cccc(C(=O)NC(C)c2ccccc2)c1. The van der Waals surface area contributed by atoms with Crippen LogP contribution in [-0.4, -0.2) is 18.4 Å². The Balaban J connectivity index is 1.51. The second kappa shape index (κ2) is 8.41. The summed E-state index contributed by atoms with van der Waals surface area (Å²) in [6.07, 6.45) is 0. The summed E-state index contributed by atoms with van der Waals surface area (Å²) in [7, 11) is 0. The minimum Gasteiger partial charge on any atom is -0.482 e. The molecule has 1 aliphatic rings. The first-order valence-electron chi connectivity index (χ1n) is 10.00. The van der Waals surface area contributed by atoms with Gasteiger partial charge in [-0.3, -0.25) is 9.59 Å². The van der Waals surface area contributed by atoms with Crippen LogP contribution >= 0.6 is 0 Å². The Labute approximate surface area is 176 Å². The number of amides is 2. The number of nitrogens with one attached hydrogen (secondary N) is 1. The maximum Gasteiger partial charge on any atom is 0.265 e. The zero-order valence-corrected chi connectivity index (χ0v) is 17.1. The molecule has 1 atom stereocenters. The average Bonchev–Trinajstić information content (AvgIpc) is 2.76. The van der Waals surface area contributed by atoms with Gasteiger partial charge in [0.2, 0.25) is 0 Å². The Hall–Kier alpha value is -3.60. The summed E-state index contributed by atoms with van der Waals surface area (Å²) in [5.74, 6) is 0.469. The van der Waals surface area contributed by atoms with Crippen molar-refractivity contribution in [3.8, 4) is 5.75 Å². The third-order valence-electron chi connectivity index (χ3n) is 5.24. The molecule has 30 heavy (non-hydrogen) atoms. The van der Waals surface area contributed by atoms with Crippen LogP contribution in [0.25, 0.3) is 0 Å². The van der Waals surface area contributed by atoms with Crippen LogP contribution in [-0.2, 0) is 11.3 Å². The van der Waals surface area contributed by atoms with E-state index in [1.54, 1.807) is 11.0 Å². The van der Waals surface area contributed by atoms with E-state index < -0.39 is 0 Å². The fraction of sp³-hybridized carbons (Fsp3) is 0.200. The average molecular weight is 400 g/mol. The second-order valence-electron chi connectivity index (χ2n) is 7.55. The Morgan fingerprint density at radius 1 is 1.07 bits per heavy atom. The van der Waals surface area contributed by atoms with Crippen LogP contribution in [0.15, 0.2) is 72.8 Å². The van der Waals surface area contributed by atoms with Crippen molar-refractivity contribution in [3.05, 3.63) is 95.1 Å². The van der Waals surface area contributed by atoms with E-state index in [2.05, 4.69) is 5.32 Å². The van der Waals surface area contributed by atoms with Crippen LogP contribution < -0.4 is 15.0 Å². The Morgan fingerprint density at radius 2 is 1.87 bits per heavy atom. The molecular formula is C25H24N2O3. The highest BCUT2D eigenvalue weighted by Gasteiger charge is 2.25. The molecule has 0 aliphatic carbocycles. The van der Waals surface area contributed by atoms with Crippen LogP contribution in [0.4, 0.5) is 5.69 Å². The van der Waals surface area contributed by atoms with E-state index in [-0.39, 0.29) is 24.5 Å². The first kappa shape index (κ1) is 19.7. The zero-order chi connectivity index (χ0) is 21.1. The molecule has 2 amide bonds. The Morgan fingerprint density at radius 3 is 2.67 bits per heavy atom. The third-order valence-corrected chi connectivity index (χ3v) is 5.24. The van der Waals surface area contributed by atoms with Crippen LogP contribution in [0.2, 0.25) is 0 Å². The number of benzene rings is 3. The van der Waals surface area contributed by atoms with Gasteiger partial charge in [0.25, 0.3) is 11.8 Å². The number of hydrogen-bond acceptors (Lipinski definition) is 3. The maximum atomic E-state index is 12.8. The lowest BCUT2D eigenvalue weighted by Crippen LogP contribution is -2.38. The molecule has 1 N–H and O–H groups in total. The maximum absolute atomic E-state index is 12.8. The number of carbonyl (C=O) groups excluding carboxylic acids is 2. The fourth-order valence-corrected chi connectivity index (χ4v) is 3.58. The molecule has 3 aromatic carbocycles. The van der Waals surface area contributed by atoms with E-state index in [4.69, 9.17) is 4.74 Å². The molecule has 0 spiro atoms. The summed E-state index contributed by atoms with van der Waals surface area (Å²) >= 11 is 0. The van der Waals surface area contributed by atoms with Crippen molar-refractivity contribution in [2.45, 2.75) is 26.4 Å². The Kier molecular flexibility index (Phi) is 5.53. The highest BCUT2D eigenvalue weighted by molar-refractivity contribution is 5.98. The molecule has 4 rings (SSSR count). The van der Waals surface area contributed by atoms with E-state index >= 15 is 0 Å². The highest BCUT2D eigenvalue weighted by Crippen LogP contribution is 2.33. The number of rotatable bonds is 5. The van der Waals surface area contributed by atoms with E-state index in [0.29, 0.717) is 17.9 Å². The molecule has 1 unspecified atom stereocenters. The molecule has 0 radical (unpaired) electrons. The summed E-state index contributed by atoms with van der Waals surface area (Å²) in [5, 5.41) is 3.03. The van der Waals surface area contributed by atoms with Crippen LogP contribution in [0, 0.1) is 6.92 Å². The quantitative estimate of drug-likeness (QED) is 0.690. The van der Waals surface area contributed by atoms with Gasteiger partial charge in [-0.1, -0.05) is 48.5 Å². The Bertz CT molecular complexity index is 1080. The van der Waals surface area contributed by atoms with Gasteiger partial charge >= 0.3 is 0 Å². The van der Waals surface area contributed by atoms with Gasteiger partial charge in [-0.25, -0.2) is 0 Å². The smallest absolute Gasteiger partial charge is 0.265 e. The zero-order valence-electron chi connectivity index (χ0n) is 17.1. The third kappa shape index (κ3) is 4.20. The molecule has 0 saturated heterocycles. The van der Waals surface area contributed by atoms with Crippen molar-refractivity contribution in [2.24, 2.45) is 0 Å². The minimum atomic E-state index is -0.141. The number of carbonyl (C=O) groups is 2. The fourth-order valence-electron chi connectivity index (χ4n) is 3.58. The van der Waals surface area contributed by atoms with Gasteiger partial charge in [-0.2, -0.15) is 0 Å². The van der Waals surface area contributed by atoms with Gasteiger partial charge in [0.15, 0.2) is 6.61 Å². The minimum absolute atomic E-state index is 0.0191. The molecule has 3 aromatic rings. The first-order valence-corrected chi connectivity index (χ1v) is 10.00. The predicted molar refractivity (Wildman–Crippen MR) is 117 cm³/mol. The van der Waals surface area contributed by atoms with Gasteiger partial charge in [0.05, 0.1) is 18.3 Å². The summed E-state index contributed by atoms with van der Waals surface area (Å²) in [6.45, 7) is 4.35. The monoisotopic (exact) mass is 400 g/mol. The molecule has 5 nitrogen and oxygen atoms in total. The van der Waals surface area contributed by atoms with Gasteiger partial charge in [0.1, 0.15) is 5.75 Å². The number of hydrogen-bond donors (Lipinski definition) is 1. The summed E-state index contributed by atoms with van der Waals surface area (Å²) in [4.78, 5) is 27.0. The van der Waals surface area contributed by atoms with E-state index in [1.807, 2.05) is 80.6 Å². The summed E-state index contributed by atoms with van der Waals surface area (Å²) < 4.78 is 5.58. The number of nitrogens with zero attached hydrogens (tertiary/aromatic N) is 1. The molecule has 152 valence electrons. The summed E-state index contributed by atoms with van der Waals surface area (Å²) in [6, 6.07) is 22.9. The van der Waals surface area contributed by atoms with E-state index in [9.17, 15) is 9.59 Å². The molecule has 0 bridgehead atoms. The lowest BCUT2D eigenvalue weighted by molar-refractivity contribution is -0.121. The van der Waals surface area contributed by atoms with Gasteiger partial charge in [-0.15, -0.1) is 0 Å². The second-order valence-corrected chi connectivity index (χ2v) is 7.55. The van der Waals surface area contributed by atoms with Crippen molar-refractivity contribution in [1.29, 1.82) is 0 Å². The molecule has 1 heterocycles. The first-order chi connectivity index (χ1) is 14.5. The van der Waals surface area contributed by atoms with Crippen LogP contribution in [0.5, 0.6) is 5.75 Å². The molecule has 0 aromatic heterocycles. The van der Waals surface area contributed by atoms with Crippen molar-refractivity contribution < 1.29 is 14.3 Å². The molecular weight excluding hydrogens is 376 g/mol. The van der Waals surface area contributed by atoms with Crippen molar-refractivity contribution in [2.75, 3.05) is 11.5 Å². The van der Waals surface area contributed by atoms with Crippen molar-refractivity contribution in [3.63, 3.8) is 0 Å². The predicted octanol–water partition coefficient (Wildman–Crippen LogP) is 4.41. The topological polar surface area (TPSA) is 58.6 Å². The van der Waals surface area contributed by atoms with Crippen LogP contribution in [0.1, 0.15) is 40.0 Å². The molecule has 0 fully saturated rings. The standard InChI is InChI=1S/C25H24N2O3/c1-17-11-12-22-23(13-17)30-16-24(28)27(22)15-19-7-6-10-21(14-19)25(29)26-18(2)20-8-4-3-5-9-20/h3-14,18H,15-16H2,1-2H3,(H,26,29). The lowest BCUT2D eigenvalue weighted by Gasteiger charge is -2.29. The molecule has 5 heteroatoms. The van der Waals surface area contributed by atoms with Gasteiger partial charge in [0, 0.05) is 5.56 Å². The number of ether oxygens (including phenoxy) is 1. The molecule has 0 saturated carbocycles. The number of aryl methyl sites for hydroxylation is 1. The van der Waals surface area contributed by atoms with Gasteiger partial charge < -0.3 is 15.0 Å². The van der Waals surface area contributed by atoms with E-state index in [1.165, 1.54) is 0 Å². The molecule has 1 aliphatic heterocycles. The van der Waals surface area contributed by atoms with Crippen LogP contribution in [0.3, 0.4) is 0 Å². The summed E-state index contributed by atoms with van der Waals surface area (Å²) in [5.41, 5.74) is 4.34. The van der Waals surface area contributed by atoms with E-state index in [0.717, 1.165) is 22.4 Å². The number of anilines is 1. The highest BCUT2D eigenvalue weighted by atomic mass is 16.5. The van der Waals surface area contributed by atoms with Gasteiger partial charge in [-0.05, 0) is 54.8 Å². The van der Waals surface area contributed by atoms with Crippen molar-refractivity contribution >= 4 is 17.5 Å².